The topological polar surface area (TPSA) is 49.4 Å². The maximum absolute atomic E-state index is 12.8. The zero-order chi connectivity index (χ0) is 15.6. The van der Waals surface area contributed by atoms with Crippen LogP contribution >= 0.6 is 15.9 Å². The molecule has 8 heteroatoms. The van der Waals surface area contributed by atoms with Crippen molar-refractivity contribution in [2.45, 2.75) is 12.6 Å². The van der Waals surface area contributed by atoms with E-state index in [1.54, 1.807) is 0 Å². The van der Waals surface area contributed by atoms with E-state index >= 15 is 0 Å². The van der Waals surface area contributed by atoms with Crippen LogP contribution in [0.1, 0.15) is 22.3 Å². The van der Waals surface area contributed by atoms with Gasteiger partial charge in [0.25, 0.3) is 5.91 Å². The van der Waals surface area contributed by atoms with Gasteiger partial charge in [0, 0.05) is 23.1 Å². The molecule has 1 N–H and O–H groups in total. The van der Waals surface area contributed by atoms with Crippen LogP contribution in [-0.4, -0.2) is 36.3 Å². The predicted molar refractivity (Wildman–Crippen MR) is 72.7 cm³/mol. The van der Waals surface area contributed by atoms with E-state index in [0.29, 0.717) is 19.5 Å². The van der Waals surface area contributed by atoms with E-state index in [2.05, 4.69) is 21.2 Å². The van der Waals surface area contributed by atoms with Gasteiger partial charge in [-0.05, 0) is 24.6 Å². The molecule has 0 bridgehead atoms. The van der Waals surface area contributed by atoms with Crippen molar-refractivity contribution in [2.24, 2.45) is 0 Å². The fraction of sp³-hybridized carbons (Fsp3) is 0.385. The van der Waals surface area contributed by atoms with Crippen LogP contribution in [0.4, 0.5) is 13.2 Å². The summed E-state index contributed by atoms with van der Waals surface area (Å²) in [5, 5.41) is 2.61. The number of rotatable bonds is 1. The Bertz CT molecular complexity index is 575. The zero-order valence-electron chi connectivity index (χ0n) is 10.8. The Morgan fingerprint density at radius 3 is 2.71 bits per heavy atom. The molecule has 0 saturated carbocycles. The molecular formula is C13H12BrF3N2O2. The Hall–Kier alpha value is -1.57. The summed E-state index contributed by atoms with van der Waals surface area (Å²) in [6, 6.07) is 3.30. The second kappa shape index (κ2) is 6.05. The Morgan fingerprint density at radius 2 is 2.05 bits per heavy atom. The van der Waals surface area contributed by atoms with Gasteiger partial charge in [-0.1, -0.05) is 15.9 Å². The predicted octanol–water partition coefficient (Wildman–Crippen LogP) is 2.43. The maximum Gasteiger partial charge on any atom is 0.417 e. The van der Waals surface area contributed by atoms with Crippen molar-refractivity contribution in [3.63, 3.8) is 0 Å². The minimum absolute atomic E-state index is 0.0831. The molecule has 1 aromatic carbocycles. The second-order valence-electron chi connectivity index (χ2n) is 4.62. The van der Waals surface area contributed by atoms with Gasteiger partial charge < -0.3 is 10.2 Å². The highest BCUT2D eigenvalue weighted by molar-refractivity contribution is 9.10. The number of alkyl halides is 3. The van der Waals surface area contributed by atoms with Crippen LogP contribution in [0.25, 0.3) is 0 Å². The van der Waals surface area contributed by atoms with E-state index < -0.39 is 17.6 Å². The molecule has 0 spiro atoms. The molecule has 21 heavy (non-hydrogen) atoms. The number of hydrogen-bond acceptors (Lipinski definition) is 2. The molecule has 1 aromatic rings. The summed E-state index contributed by atoms with van der Waals surface area (Å²) in [7, 11) is 0. The fourth-order valence-electron chi connectivity index (χ4n) is 2.04. The van der Waals surface area contributed by atoms with E-state index in [1.165, 1.54) is 17.0 Å². The molecule has 0 aliphatic carbocycles. The van der Waals surface area contributed by atoms with Crippen LogP contribution in [0.3, 0.4) is 0 Å². The van der Waals surface area contributed by atoms with Crippen molar-refractivity contribution in [3.05, 3.63) is 33.8 Å². The largest absolute Gasteiger partial charge is 0.417 e. The lowest BCUT2D eigenvalue weighted by molar-refractivity contribution is -0.138. The minimum atomic E-state index is -4.55. The number of benzene rings is 1. The molecule has 114 valence electrons. The van der Waals surface area contributed by atoms with Crippen molar-refractivity contribution in [1.82, 2.24) is 10.2 Å². The molecule has 2 amide bonds. The Morgan fingerprint density at radius 1 is 1.33 bits per heavy atom. The van der Waals surface area contributed by atoms with Gasteiger partial charge in [-0.25, -0.2) is 0 Å². The van der Waals surface area contributed by atoms with Gasteiger partial charge in [-0.3, -0.25) is 9.59 Å². The number of hydrogen-bond donors (Lipinski definition) is 1. The molecule has 4 nitrogen and oxygen atoms in total. The highest BCUT2D eigenvalue weighted by Crippen LogP contribution is 2.35. The highest BCUT2D eigenvalue weighted by atomic mass is 79.9. The van der Waals surface area contributed by atoms with Crippen LogP contribution in [0.15, 0.2) is 22.7 Å². The molecule has 0 aromatic heterocycles. The fourth-order valence-corrected chi connectivity index (χ4v) is 2.51. The summed E-state index contributed by atoms with van der Waals surface area (Å²) in [6.07, 6.45) is -3.98. The lowest BCUT2D eigenvalue weighted by atomic mass is 10.1. The van der Waals surface area contributed by atoms with E-state index in [9.17, 15) is 22.8 Å². The van der Waals surface area contributed by atoms with Gasteiger partial charge in [0.1, 0.15) is 0 Å². The average Bonchev–Trinajstić information content (AvgIpc) is 2.62. The second-order valence-corrected chi connectivity index (χ2v) is 5.48. The first-order valence-corrected chi connectivity index (χ1v) is 7.01. The van der Waals surface area contributed by atoms with Gasteiger partial charge in [-0.2, -0.15) is 13.2 Å². The summed E-state index contributed by atoms with van der Waals surface area (Å²) < 4.78 is 38.4. The smallest absolute Gasteiger partial charge is 0.354 e. The summed E-state index contributed by atoms with van der Waals surface area (Å²) in [5.41, 5.74) is -0.993. The normalized spacial score (nSPS) is 16.4. The number of amides is 2. The molecule has 1 aliphatic rings. The van der Waals surface area contributed by atoms with Crippen molar-refractivity contribution >= 4 is 27.7 Å². The van der Waals surface area contributed by atoms with Crippen LogP contribution in [0.5, 0.6) is 0 Å². The van der Waals surface area contributed by atoms with E-state index in [0.717, 1.165) is 6.07 Å². The summed E-state index contributed by atoms with van der Waals surface area (Å²) >= 11 is 2.82. The first-order valence-electron chi connectivity index (χ1n) is 6.22. The molecule has 1 fully saturated rings. The molecule has 0 radical (unpaired) electrons. The van der Waals surface area contributed by atoms with Crippen molar-refractivity contribution in [1.29, 1.82) is 0 Å². The molecule has 2 rings (SSSR count). The maximum atomic E-state index is 12.8. The third-order valence-corrected chi connectivity index (χ3v) is 3.76. The number of carbonyl (C=O) groups is 2. The molecular weight excluding hydrogens is 353 g/mol. The third kappa shape index (κ3) is 3.75. The van der Waals surface area contributed by atoms with Crippen LogP contribution in [0.2, 0.25) is 0 Å². The van der Waals surface area contributed by atoms with Crippen molar-refractivity contribution in [3.8, 4) is 0 Å². The van der Waals surface area contributed by atoms with E-state index in [1.807, 2.05) is 0 Å². The lowest BCUT2D eigenvalue weighted by Crippen LogP contribution is -2.37. The average molecular weight is 365 g/mol. The number of halogens is 4. The van der Waals surface area contributed by atoms with Gasteiger partial charge in [-0.15, -0.1) is 0 Å². The summed E-state index contributed by atoms with van der Waals surface area (Å²) in [4.78, 5) is 24.9. The standard InChI is InChI=1S/C13H12BrF3N2O2/c14-10-3-2-8(6-9(10)13(15,16)17)12(21)19-5-1-4-18-11(20)7-19/h2-3,6H,1,4-5,7H2,(H,18,20). The van der Waals surface area contributed by atoms with Crippen LogP contribution < -0.4 is 5.32 Å². The first kappa shape index (κ1) is 15.8. The van der Waals surface area contributed by atoms with E-state index in [-0.39, 0.29) is 22.5 Å². The molecule has 0 unspecified atom stereocenters. The number of nitrogens with one attached hydrogen (secondary N) is 1. The van der Waals surface area contributed by atoms with Gasteiger partial charge in [0.05, 0.1) is 12.1 Å². The quantitative estimate of drug-likeness (QED) is 0.831. The summed E-state index contributed by atoms with van der Waals surface area (Å²) in [5.74, 6) is -0.890. The number of nitrogens with zero attached hydrogens (tertiary/aromatic N) is 1. The van der Waals surface area contributed by atoms with Crippen molar-refractivity contribution < 1.29 is 22.8 Å². The van der Waals surface area contributed by atoms with E-state index in [4.69, 9.17) is 0 Å². The minimum Gasteiger partial charge on any atom is -0.354 e. The van der Waals surface area contributed by atoms with Gasteiger partial charge >= 0.3 is 6.18 Å². The Balaban J connectivity index is 2.29. The van der Waals surface area contributed by atoms with Crippen LogP contribution in [-0.2, 0) is 11.0 Å². The lowest BCUT2D eigenvalue weighted by Gasteiger charge is -2.20. The third-order valence-electron chi connectivity index (χ3n) is 3.07. The van der Waals surface area contributed by atoms with Gasteiger partial charge in [0.15, 0.2) is 0 Å². The highest BCUT2D eigenvalue weighted by Gasteiger charge is 2.34. The SMILES string of the molecule is O=C1CN(C(=O)c2ccc(Br)c(C(F)(F)F)c2)CCCN1. The first-order chi connectivity index (χ1) is 9.79. The molecule has 0 atom stereocenters. The Labute approximate surface area is 127 Å². The molecule has 1 aliphatic heterocycles. The van der Waals surface area contributed by atoms with Gasteiger partial charge in [0.2, 0.25) is 5.91 Å². The monoisotopic (exact) mass is 364 g/mol. The number of carbonyl (C=O) groups excluding carboxylic acids is 2. The van der Waals surface area contributed by atoms with Crippen molar-refractivity contribution in [2.75, 3.05) is 19.6 Å². The Kier molecular flexibility index (Phi) is 4.55. The van der Waals surface area contributed by atoms with Crippen LogP contribution in [0, 0.1) is 0 Å². The summed E-state index contributed by atoms with van der Waals surface area (Å²) in [6.45, 7) is 0.641. The zero-order valence-corrected chi connectivity index (χ0v) is 12.4. The molecule has 1 saturated heterocycles. The molecule has 1 heterocycles.